The minimum atomic E-state index is -0.611. The summed E-state index contributed by atoms with van der Waals surface area (Å²) < 4.78 is 13.4. The van der Waals surface area contributed by atoms with E-state index in [1.807, 2.05) is 6.92 Å². The molecule has 0 aromatic heterocycles. The highest BCUT2D eigenvalue weighted by molar-refractivity contribution is 5.92. The number of nitrogens with two attached hydrogens (primary N) is 1. The van der Waals surface area contributed by atoms with Gasteiger partial charge in [0.05, 0.1) is 6.54 Å². The SMILES string of the molecule is CCNC(=O)CNCc1cc(C(N)=O)ccc1F. The largest absolute Gasteiger partial charge is 0.366 e. The van der Waals surface area contributed by atoms with E-state index >= 15 is 0 Å². The standard InChI is InChI=1S/C12H16FN3O2/c1-2-16-11(17)7-15-6-9-5-8(12(14)18)3-4-10(9)13/h3-5,15H,2,6-7H2,1H3,(H2,14,18)(H,16,17). The van der Waals surface area contributed by atoms with Gasteiger partial charge in [-0.2, -0.15) is 0 Å². The summed E-state index contributed by atoms with van der Waals surface area (Å²) >= 11 is 0. The average Bonchev–Trinajstić information content (AvgIpc) is 2.31. The second-order valence-corrected chi connectivity index (χ2v) is 3.73. The Bertz CT molecular complexity index is 449. The maximum absolute atomic E-state index is 13.4. The van der Waals surface area contributed by atoms with Crippen molar-refractivity contribution >= 4 is 11.8 Å². The number of rotatable bonds is 6. The third kappa shape index (κ3) is 4.14. The van der Waals surface area contributed by atoms with Gasteiger partial charge in [0.25, 0.3) is 0 Å². The molecule has 1 rings (SSSR count). The van der Waals surface area contributed by atoms with Gasteiger partial charge in [0, 0.05) is 24.2 Å². The molecule has 0 atom stereocenters. The number of hydrogen-bond donors (Lipinski definition) is 3. The number of likely N-dealkylation sites (N-methyl/N-ethyl adjacent to an activating group) is 1. The quantitative estimate of drug-likeness (QED) is 0.674. The van der Waals surface area contributed by atoms with Gasteiger partial charge in [-0.05, 0) is 25.1 Å². The molecule has 2 amide bonds. The van der Waals surface area contributed by atoms with E-state index in [-0.39, 0.29) is 24.6 Å². The van der Waals surface area contributed by atoms with Crippen molar-refractivity contribution in [2.75, 3.05) is 13.1 Å². The molecule has 0 heterocycles. The lowest BCUT2D eigenvalue weighted by Crippen LogP contribution is -2.33. The van der Waals surface area contributed by atoms with Crippen molar-refractivity contribution in [3.63, 3.8) is 0 Å². The summed E-state index contributed by atoms with van der Waals surface area (Å²) in [6.07, 6.45) is 0. The minimum Gasteiger partial charge on any atom is -0.366 e. The smallest absolute Gasteiger partial charge is 0.248 e. The zero-order valence-electron chi connectivity index (χ0n) is 10.1. The Kier molecular flexibility index (Phi) is 5.26. The third-order valence-corrected chi connectivity index (χ3v) is 2.31. The van der Waals surface area contributed by atoms with Crippen LogP contribution in [0, 0.1) is 5.82 Å². The molecule has 0 aliphatic heterocycles. The Morgan fingerprint density at radius 1 is 1.39 bits per heavy atom. The van der Waals surface area contributed by atoms with Crippen molar-refractivity contribution in [3.05, 3.63) is 35.1 Å². The van der Waals surface area contributed by atoms with Crippen molar-refractivity contribution in [3.8, 4) is 0 Å². The Hall–Kier alpha value is -1.95. The summed E-state index contributed by atoms with van der Waals surface area (Å²) in [6.45, 7) is 2.61. The first kappa shape index (κ1) is 14.1. The monoisotopic (exact) mass is 253 g/mol. The van der Waals surface area contributed by atoms with Crippen LogP contribution >= 0.6 is 0 Å². The molecule has 0 saturated heterocycles. The number of amides is 2. The van der Waals surface area contributed by atoms with E-state index in [9.17, 15) is 14.0 Å². The van der Waals surface area contributed by atoms with Gasteiger partial charge in [-0.3, -0.25) is 9.59 Å². The van der Waals surface area contributed by atoms with Crippen LogP contribution in [-0.2, 0) is 11.3 Å². The zero-order chi connectivity index (χ0) is 13.5. The lowest BCUT2D eigenvalue weighted by molar-refractivity contribution is -0.120. The van der Waals surface area contributed by atoms with Crippen LogP contribution in [0.4, 0.5) is 4.39 Å². The summed E-state index contributed by atoms with van der Waals surface area (Å²) in [6, 6.07) is 3.89. The van der Waals surface area contributed by atoms with Crippen molar-refractivity contribution in [1.29, 1.82) is 0 Å². The number of halogens is 1. The number of carbonyl (C=O) groups excluding carboxylic acids is 2. The fourth-order valence-corrected chi connectivity index (χ4v) is 1.43. The fourth-order valence-electron chi connectivity index (χ4n) is 1.43. The molecule has 0 aliphatic rings. The number of carbonyl (C=O) groups is 2. The number of nitrogens with one attached hydrogen (secondary N) is 2. The number of hydrogen-bond acceptors (Lipinski definition) is 3. The summed E-state index contributed by atoms with van der Waals surface area (Å²) in [5, 5.41) is 5.40. The molecule has 6 heteroatoms. The molecule has 0 fully saturated rings. The second-order valence-electron chi connectivity index (χ2n) is 3.73. The molecule has 1 aromatic carbocycles. The van der Waals surface area contributed by atoms with Crippen molar-refractivity contribution in [2.24, 2.45) is 5.73 Å². The lowest BCUT2D eigenvalue weighted by atomic mass is 10.1. The van der Waals surface area contributed by atoms with Gasteiger partial charge in [-0.15, -0.1) is 0 Å². The Labute approximate surface area is 105 Å². The summed E-state index contributed by atoms with van der Waals surface area (Å²) in [5.74, 6) is -1.22. The van der Waals surface area contributed by atoms with Crippen molar-refractivity contribution in [2.45, 2.75) is 13.5 Å². The van der Waals surface area contributed by atoms with Crippen LogP contribution in [0.25, 0.3) is 0 Å². The maximum Gasteiger partial charge on any atom is 0.248 e. The van der Waals surface area contributed by atoms with E-state index in [0.29, 0.717) is 12.1 Å². The van der Waals surface area contributed by atoms with E-state index in [1.165, 1.54) is 18.2 Å². The van der Waals surface area contributed by atoms with Gasteiger partial charge in [0.1, 0.15) is 5.82 Å². The molecule has 98 valence electrons. The van der Waals surface area contributed by atoms with Crippen molar-refractivity contribution < 1.29 is 14.0 Å². The van der Waals surface area contributed by atoms with Crippen LogP contribution in [0.2, 0.25) is 0 Å². The molecular formula is C12H16FN3O2. The second kappa shape index (κ2) is 6.70. The molecule has 18 heavy (non-hydrogen) atoms. The van der Waals surface area contributed by atoms with E-state index in [0.717, 1.165) is 0 Å². The van der Waals surface area contributed by atoms with Gasteiger partial charge in [0.15, 0.2) is 0 Å². The minimum absolute atomic E-state index is 0.0913. The van der Waals surface area contributed by atoms with Crippen LogP contribution in [-0.4, -0.2) is 24.9 Å². The third-order valence-electron chi connectivity index (χ3n) is 2.31. The number of benzene rings is 1. The molecule has 0 aliphatic carbocycles. The Morgan fingerprint density at radius 3 is 2.72 bits per heavy atom. The van der Waals surface area contributed by atoms with E-state index < -0.39 is 11.7 Å². The molecule has 0 bridgehead atoms. The van der Waals surface area contributed by atoms with Gasteiger partial charge >= 0.3 is 0 Å². The van der Waals surface area contributed by atoms with E-state index in [1.54, 1.807) is 0 Å². The fraction of sp³-hybridized carbons (Fsp3) is 0.333. The number of primary amides is 1. The van der Waals surface area contributed by atoms with Crippen molar-refractivity contribution in [1.82, 2.24) is 10.6 Å². The lowest BCUT2D eigenvalue weighted by Gasteiger charge is -2.07. The van der Waals surface area contributed by atoms with Gasteiger partial charge < -0.3 is 16.4 Å². The maximum atomic E-state index is 13.4. The van der Waals surface area contributed by atoms with Crippen LogP contribution in [0.5, 0.6) is 0 Å². The van der Waals surface area contributed by atoms with Gasteiger partial charge in [-0.25, -0.2) is 4.39 Å². The van der Waals surface area contributed by atoms with E-state index in [2.05, 4.69) is 10.6 Å². The summed E-state index contributed by atoms with van der Waals surface area (Å²) in [5.41, 5.74) is 5.65. The first-order chi connectivity index (χ1) is 8.54. The van der Waals surface area contributed by atoms with Crippen LogP contribution in [0.3, 0.4) is 0 Å². The molecule has 0 radical (unpaired) electrons. The van der Waals surface area contributed by atoms with Gasteiger partial charge in [-0.1, -0.05) is 0 Å². The molecule has 1 aromatic rings. The topological polar surface area (TPSA) is 84.2 Å². The Morgan fingerprint density at radius 2 is 2.11 bits per heavy atom. The predicted molar refractivity (Wildman–Crippen MR) is 65.3 cm³/mol. The predicted octanol–water partition coefficient (Wildman–Crippen LogP) is 0.150. The van der Waals surface area contributed by atoms with Crippen LogP contribution in [0.15, 0.2) is 18.2 Å². The molecule has 0 spiro atoms. The normalized spacial score (nSPS) is 10.1. The molecule has 0 unspecified atom stereocenters. The molecule has 4 N–H and O–H groups in total. The first-order valence-electron chi connectivity index (χ1n) is 5.60. The highest BCUT2D eigenvalue weighted by atomic mass is 19.1. The van der Waals surface area contributed by atoms with Gasteiger partial charge in [0.2, 0.25) is 11.8 Å². The molecule has 5 nitrogen and oxygen atoms in total. The van der Waals surface area contributed by atoms with E-state index in [4.69, 9.17) is 5.73 Å². The molecule has 0 saturated carbocycles. The summed E-state index contributed by atoms with van der Waals surface area (Å²) in [4.78, 5) is 22.1. The molecular weight excluding hydrogens is 237 g/mol. The highest BCUT2D eigenvalue weighted by Gasteiger charge is 2.07. The van der Waals surface area contributed by atoms with Crippen LogP contribution in [0.1, 0.15) is 22.8 Å². The zero-order valence-corrected chi connectivity index (χ0v) is 10.1. The summed E-state index contributed by atoms with van der Waals surface area (Å²) in [7, 11) is 0. The Balaban J connectivity index is 2.58. The first-order valence-corrected chi connectivity index (χ1v) is 5.60. The highest BCUT2D eigenvalue weighted by Crippen LogP contribution is 2.10. The van der Waals surface area contributed by atoms with Crippen LogP contribution < -0.4 is 16.4 Å². The average molecular weight is 253 g/mol.